The van der Waals surface area contributed by atoms with Gasteiger partial charge in [0.1, 0.15) is 6.29 Å². The standard InChI is InChI=1S/C11H18N2O/c1-8-3-2-4-9(5-8)11(13)10(6-12)7-14/h2-3,6-9,11H,4-5,12-13H2,1H3/b10-6-/t8-,9+,11?/m1/s1. The number of rotatable bonds is 3. The lowest BCUT2D eigenvalue weighted by molar-refractivity contribution is -0.105. The molecule has 3 nitrogen and oxygen atoms in total. The second kappa shape index (κ2) is 4.96. The molecule has 1 unspecified atom stereocenters. The molecular formula is C11H18N2O. The van der Waals surface area contributed by atoms with Crippen LogP contribution in [0.4, 0.5) is 0 Å². The molecule has 0 saturated heterocycles. The fourth-order valence-corrected chi connectivity index (χ4v) is 1.93. The lowest BCUT2D eigenvalue weighted by Crippen LogP contribution is -2.35. The predicted molar refractivity (Wildman–Crippen MR) is 57.3 cm³/mol. The van der Waals surface area contributed by atoms with Crippen molar-refractivity contribution in [2.75, 3.05) is 0 Å². The van der Waals surface area contributed by atoms with Gasteiger partial charge in [-0.25, -0.2) is 0 Å². The quantitative estimate of drug-likeness (QED) is 0.399. The maximum absolute atomic E-state index is 10.7. The molecule has 3 heteroatoms. The summed E-state index contributed by atoms with van der Waals surface area (Å²) >= 11 is 0. The molecule has 0 aromatic carbocycles. The summed E-state index contributed by atoms with van der Waals surface area (Å²) in [6.07, 6.45) is 8.38. The highest BCUT2D eigenvalue weighted by atomic mass is 16.1. The number of carbonyl (C=O) groups is 1. The molecule has 0 fully saturated rings. The molecule has 0 heterocycles. The van der Waals surface area contributed by atoms with Gasteiger partial charge in [0.25, 0.3) is 0 Å². The van der Waals surface area contributed by atoms with Gasteiger partial charge in [-0.05, 0) is 24.7 Å². The molecule has 0 aromatic rings. The molecule has 0 amide bonds. The number of aldehydes is 1. The first kappa shape index (κ1) is 11.0. The van der Waals surface area contributed by atoms with Crippen molar-refractivity contribution in [3.8, 4) is 0 Å². The minimum Gasteiger partial charge on any atom is -0.404 e. The van der Waals surface area contributed by atoms with Crippen molar-refractivity contribution in [3.63, 3.8) is 0 Å². The molecule has 1 rings (SSSR count). The highest BCUT2D eigenvalue weighted by Gasteiger charge is 2.23. The van der Waals surface area contributed by atoms with Crippen molar-refractivity contribution in [1.82, 2.24) is 0 Å². The normalized spacial score (nSPS) is 30.0. The molecular weight excluding hydrogens is 176 g/mol. The summed E-state index contributed by atoms with van der Waals surface area (Å²) in [6, 6.07) is -0.218. The largest absolute Gasteiger partial charge is 0.404 e. The third-order valence-electron chi connectivity index (χ3n) is 2.80. The Balaban J connectivity index is 2.65. The number of allylic oxidation sites excluding steroid dienone is 2. The lowest BCUT2D eigenvalue weighted by Gasteiger charge is -2.27. The second-order valence-corrected chi connectivity index (χ2v) is 3.95. The van der Waals surface area contributed by atoms with Gasteiger partial charge in [-0.3, -0.25) is 4.79 Å². The van der Waals surface area contributed by atoms with Crippen LogP contribution in [0.1, 0.15) is 19.8 Å². The Bertz CT molecular complexity index is 258. The second-order valence-electron chi connectivity index (χ2n) is 3.95. The summed E-state index contributed by atoms with van der Waals surface area (Å²) < 4.78 is 0. The molecule has 0 spiro atoms. The van der Waals surface area contributed by atoms with Crippen LogP contribution in [0, 0.1) is 11.8 Å². The van der Waals surface area contributed by atoms with Crippen molar-refractivity contribution in [2.24, 2.45) is 23.3 Å². The smallest absolute Gasteiger partial charge is 0.149 e. The van der Waals surface area contributed by atoms with Crippen LogP contribution in [-0.2, 0) is 4.79 Å². The summed E-state index contributed by atoms with van der Waals surface area (Å²) in [5.74, 6) is 0.889. The van der Waals surface area contributed by atoms with Crippen LogP contribution >= 0.6 is 0 Å². The van der Waals surface area contributed by atoms with E-state index in [-0.39, 0.29) is 6.04 Å². The Hall–Kier alpha value is -1.09. The molecule has 78 valence electrons. The number of hydrogen-bond donors (Lipinski definition) is 2. The Kier molecular flexibility index (Phi) is 3.89. The van der Waals surface area contributed by atoms with Crippen molar-refractivity contribution in [1.29, 1.82) is 0 Å². The van der Waals surface area contributed by atoms with Gasteiger partial charge in [-0.1, -0.05) is 19.1 Å². The Labute approximate surface area is 84.8 Å². The van der Waals surface area contributed by atoms with E-state index in [0.29, 0.717) is 17.4 Å². The van der Waals surface area contributed by atoms with Crippen molar-refractivity contribution >= 4 is 6.29 Å². The van der Waals surface area contributed by atoms with Crippen molar-refractivity contribution < 1.29 is 4.79 Å². The predicted octanol–water partition coefficient (Wildman–Crippen LogP) is 0.958. The van der Waals surface area contributed by atoms with E-state index >= 15 is 0 Å². The zero-order chi connectivity index (χ0) is 10.6. The summed E-state index contributed by atoms with van der Waals surface area (Å²) in [5, 5.41) is 0. The van der Waals surface area contributed by atoms with Gasteiger partial charge in [-0.2, -0.15) is 0 Å². The van der Waals surface area contributed by atoms with Crippen LogP contribution in [0.15, 0.2) is 23.9 Å². The molecule has 4 N–H and O–H groups in total. The van der Waals surface area contributed by atoms with Crippen LogP contribution in [-0.4, -0.2) is 12.3 Å². The van der Waals surface area contributed by atoms with Crippen LogP contribution in [0.25, 0.3) is 0 Å². The molecule has 0 bridgehead atoms. The third kappa shape index (κ3) is 2.45. The average Bonchev–Trinajstić information content (AvgIpc) is 2.19. The molecule has 0 aromatic heterocycles. The summed E-state index contributed by atoms with van der Waals surface area (Å²) in [7, 11) is 0. The zero-order valence-electron chi connectivity index (χ0n) is 8.52. The van der Waals surface area contributed by atoms with E-state index < -0.39 is 0 Å². The van der Waals surface area contributed by atoms with E-state index in [1.165, 1.54) is 6.20 Å². The van der Waals surface area contributed by atoms with Gasteiger partial charge in [0.15, 0.2) is 0 Å². The van der Waals surface area contributed by atoms with E-state index in [4.69, 9.17) is 11.5 Å². The highest BCUT2D eigenvalue weighted by Crippen LogP contribution is 2.26. The van der Waals surface area contributed by atoms with E-state index in [2.05, 4.69) is 19.1 Å². The van der Waals surface area contributed by atoms with Crippen molar-refractivity contribution in [2.45, 2.75) is 25.8 Å². The molecule has 3 atom stereocenters. The zero-order valence-corrected chi connectivity index (χ0v) is 8.52. The van der Waals surface area contributed by atoms with Gasteiger partial charge in [0, 0.05) is 17.8 Å². The van der Waals surface area contributed by atoms with Crippen molar-refractivity contribution in [3.05, 3.63) is 23.9 Å². The Morgan fingerprint density at radius 2 is 2.36 bits per heavy atom. The van der Waals surface area contributed by atoms with Gasteiger partial charge >= 0.3 is 0 Å². The first-order valence-corrected chi connectivity index (χ1v) is 4.98. The lowest BCUT2D eigenvalue weighted by atomic mass is 9.81. The number of hydrogen-bond acceptors (Lipinski definition) is 3. The fourth-order valence-electron chi connectivity index (χ4n) is 1.93. The molecule has 14 heavy (non-hydrogen) atoms. The number of nitrogens with two attached hydrogens (primary N) is 2. The molecule has 0 radical (unpaired) electrons. The monoisotopic (exact) mass is 194 g/mol. The Morgan fingerprint density at radius 3 is 2.86 bits per heavy atom. The maximum atomic E-state index is 10.7. The van der Waals surface area contributed by atoms with Crippen LogP contribution in [0.5, 0.6) is 0 Å². The molecule has 1 aliphatic carbocycles. The van der Waals surface area contributed by atoms with Crippen LogP contribution in [0.3, 0.4) is 0 Å². The van der Waals surface area contributed by atoms with Gasteiger partial charge < -0.3 is 11.5 Å². The van der Waals surface area contributed by atoms with Gasteiger partial charge in [0.2, 0.25) is 0 Å². The number of carbonyl (C=O) groups excluding carboxylic acids is 1. The van der Waals surface area contributed by atoms with Gasteiger partial charge in [0.05, 0.1) is 0 Å². The van der Waals surface area contributed by atoms with E-state index in [0.717, 1.165) is 19.1 Å². The highest BCUT2D eigenvalue weighted by molar-refractivity contribution is 5.74. The van der Waals surface area contributed by atoms with E-state index in [1.807, 2.05) is 0 Å². The summed E-state index contributed by atoms with van der Waals surface area (Å²) in [5.41, 5.74) is 11.8. The van der Waals surface area contributed by atoms with Crippen LogP contribution in [0.2, 0.25) is 0 Å². The van der Waals surface area contributed by atoms with E-state index in [9.17, 15) is 4.79 Å². The van der Waals surface area contributed by atoms with E-state index in [1.54, 1.807) is 0 Å². The first-order chi connectivity index (χ1) is 6.69. The third-order valence-corrected chi connectivity index (χ3v) is 2.80. The Morgan fingerprint density at radius 1 is 1.64 bits per heavy atom. The fraction of sp³-hybridized carbons (Fsp3) is 0.545. The topological polar surface area (TPSA) is 69.1 Å². The summed E-state index contributed by atoms with van der Waals surface area (Å²) in [6.45, 7) is 2.15. The minimum absolute atomic E-state index is 0.218. The maximum Gasteiger partial charge on any atom is 0.149 e. The SMILES string of the molecule is C[C@@H]1C=CC[C@H](C(N)/C(C=O)=C\N)C1. The first-order valence-electron chi connectivity index (χ1n) is 4.98. The van der Waals surface area contributed by atoms with Gasteiger partial charge in [-0.15, -0.1) is 0 Å². The van der Waals surface area contributed by atoms with Crippen LogP contribution < -0.4 is 11.5 Å². The minimum atomic E-state index is -0.218. The molecule has 0 saturated carbocycles. The summed E-state index contributed by atoms with van der Waals surface area (Å²) in [4.78, 5) is 10.7. The average molecular weight is 194 g/mol. The molecule has 0 aliphatic heterocycles. The molecule has 1 aliphatic rings.